The Morgan fingerprint density at radius 3 is 2.43 bits per heavy atom. The van der Waals surface area contributed by atoms with E-state index in [-0.39, 0.29) is 17.2 Å². The minimum atomic E-state index is -3.20. The van der Waals surface area contributed by atoms with Gasteiger partial charge in [-0.25, -0.2) is 8.42 Å². The minimum absolute atomic E-state index is 0.119. The molecule has 0 bridgehead atoms. The summed E-state index contributed by atoms with van der Waals surface area (Å²) in [6.07, 6.45) is 4.74. The molecule has 0 unspecified atom stereocenters. The van der Waals surface area contributed by atoms with E-state index in [1.807, 2.05) is 12.1 Å². The molecule has 1 N–H and O–H groups in total. The molecule has 0 spiro atoms. The highest BCUT2D eigenvalue weighted by Gasteiger charge is 2.08. The average molecular weight is 304 g/mol. The number of amides is 1. The van der Waals surface area contributed by atoms with E-state index in [9.17, 15) is 13.2 Å². The molecule has 1 aromatic heterocycles. The topological polar surface area (TPSA) is 76.1 Å². The molecule has 0 fully saturated rings. The third-order valence-electron chi connectivity index (χ3n) is 2.93. The van der Waals surface area contributed by atoms with Crippen LogP contribution in [0.3, 0.4) is 0 Å². The molecular weight excluding hydrogens is 288 g/mol. The maximum atomic E-state index is 11.8. The highest BCUT2D eigenvalue weighted by molar-refractivity contribution is 7.90. The third-order valence-corrected chi connectivity index (χ3v) is 4.06. The molecule has 0 aliphatic carbocycles. The highest BCUT2D eigenvalue weighted by atomic mass is 32.2. The molecule has 0 atom stereocenters. The van der Waals surface area contributed by atoms with Crippen LogP contribution in [0.4, 0.5) is 0 Å². The summed E-state index contributed by atoms with van der Waals surface area (Å²) in [5, 5.41) is 2.80. The highest BCUT2D eigenvalue weighted by Crippen LogP contribution is 2.10. The third kappa shape index (κ3) is 4.68. The molecule has 0 aliphatic rings. The van der Waals surface area contributed by atoms with E-state index < -0.39 is 9.84 Å². The van der Waals surface area contributed by atoms with Crippen molar-refractivity contribution in [3.8, 4) is 0 Å². The van der Waals surface area contributed by atoms with E-state index in [1.54, 1.807) is 24.5 Å². The zero-order valence-corrected chi connectivity index (χ0v) is 12.4. The lowest BCUT2D eigenvalue weighted by Crippen LogP contribution is -2.24. The van der Waals surface area contributed by atoms with Crippen LogP contribution >= 0.6 is 0 Å². The summed E-state index contributed by atoms with van der Waals surface area (Å²) in [5.74, 6) is -0.119. The molecule has 1 amide bonds. The second-order valence-corrected chi connectivity index (χ2v) is 6.75. The zero-order chi connectivity index (χ0) is 15.3. The Kier molecular flexibility index (Phi) is 4.70. The first-order valence-corrected chi connectivity index (χ1v) is 8.29. The van der Waals surface area contributed by atoms with Gasteiger partial charge < -0.3 is 5.32 Å². The van der Waals surface area contributed by atoms with E-state index >= 15 is 0 Å². The van der Waals surface area contributed by atoms with E-state index in [0.717, 1.165) is 17.4 Å². The van der Waals surface area contributed by atoms with Crippen LogP contribution in [0.2, 0.25) is 0 Å². The second-order valence-electron chi connectivity index (χ2n) is 4.73. The molecule has 21 heavy (non-hydrogen) atoms. The summed E-state index contributed by atoms with van der Waals surface area (Å²) in [6.45, 7) is 0.425. The van der Waals surface area contributed by atoms with Gasteiger partial charge in [-0.3, -0.25) is 9.78 Å². The van der Waals surface area contributed by atoms with Crippen molar-refractivity contribution in [2.24, 2.45) is 0 Å². The Hall–Kier alpha value is -2.21. The number of carbonyl (C=O) groups is 1. The number of nitrogens with one attached hydrogen (secondary N) is 1. The van der Waals surface area contributed by atoms with E-state index in [0.29, 0.717) is 6.54 Å². The number of pyridine rings is 1. The molecule has 0 saturated carbocycles. The van der Waals surface area contributed by atoms with Gasteiger partial charge in [0.25, 0.3) is 0 Å². The predicted octanol–water partition coefficient (Wildman–Crippen LogP) is 1.34. The van der Waals surface area contributed by atoms with Crippen LogP contribution in [-0.4, -0.2) is 25.6 Å². The van der Waals surface area contributed by atoms with Gasteiger partial charge in [0.05, 0.1) is 11.3 Å². The van der Waals surface area contributed by atoms with Crippen molar-refractivity contribution in [3.63, 3.8) is 0 Å². The fourth-order valence-corrected chi connectivity index (χ4v) is 2.44. The van der Waals surface area contributed by atoms with Gasteiger partial charge in [-0.2, -0.15) is 0 Å². The van der Waals surface area contributed by atoms with Crippen molar-refractivity contribution in [3.05, 3.63) is 59.9 Å². The minimum Gasteiger partial charge on any atom is -0.352 e. The molecule has 5 nitrogen and oxygen atoms in total. The first-order valence-electron chi connectivity index (χ1n) is 6.40. The van der Waals surface area contributed by atoms with E-state index in [1.165, 1.54) is 12.1 Å². The van der Waals surface area contributed by atoms with Gasteiger partial charge in [0.15, 0.2) is 9.84 Å². The van der Waals surface area contributed by atoms with Crippen LogP contribution < -0.4 is 5.32 Å². The summed E-state index contributed by atoms with van der Waals surface area (Å²) >= 11 is 0. The number of hydrogen-bond acceptors (Lipinski definition) is 4. The number of hydrogen-bond donors (Lipinski definition) is 1. The fraction of sp³-hybridized carbons (Fsp3) is 0.200. The van der Waals surface area contributed by atoms with Gasteiger partial charge in [-0.15, -0.1) is 0 Å². The van der Waals surface area contributed by atoms with E-state index in [2.05, 4.69) is 10.3 Å². The lowest BCUT2D eigenvalue weighted by molar-refractivity contribution is -0.120. The smallest absolute Gasteiger partial charge is 0.224 e. The largest absolute Gasteiger partial charge is 0.352 e. The van der Waals surface area contributed by atoms with Crippen molar-refractivity contribution >= 4 is 15.7 Å². The van der Waals surface area contributed by atoms with Crippen molar-refractivity contribution in [2.75, 3.05) is 6.26 Å². The Morgan fingerprint density at radius 1 is 1.14 bits per heavy atom. The lowest BCUT2D eigenvalue weighted by Gasteiger charge is -2.06. The molecule has 110 valence electrons. The number of carbonyl (C=O) groups excluding carboxylic acids is 1. The van der Waals surface area contributed by atoms with E-state index in [4.69, 9.17) is 0 Å². The van der Waals surface area contributed by atoms with Crippen molar-refractivity contribution < 1.29 is 13.2 Å². The standard InChI is InChI=1S/C15H16N2O3S/c1-21(19,20)14-6-4-12(5-7-14)9-15(18)17-11-13-3-2-8-16-10-13/h2-8,10H,9,11H2,1H3,(H,17,18). The normalized spacial score (nSPS) is 11.1. The van der Waals surface area contributed by atoms with Crippen LogP contribution in [0.1, 0.15) is 11.1 Å². The SMILES string of the molecule is CS(=O)(=O)c1ccc(CC(=O)NCc2cccnc2)cc1. The fourth-order valence-electron chi connectivity index (χ4n) is 1.81. The number of benzene rings is 1. The molecular formula is C15H16N2O3S. The van der Waals surface area contributed by atoms with Crippen LogP contribution in [0.15, 0.2) is 53.7 Å². The van der Waals surface area contributed by atoms with Gasteiger partial charge in [0.2, 0.25) is 5.91 Å². The van der Waals surface area contributed by atoms with Crippen LogP contribution in [0.5, 0.6) is 0 Å². The second kappa shape index (κ2) is 6.49. The van der Waals surface area contributed by atoms with Crippen molar-refractivity contribution in [1.29, 1.82) is 0 Å². The van der Waals surface area contributed by atoms with Crippen molar-refractivity contribution in [2.45, 2.75) is 17.9 Å². The Morgan fingerprint density at radius 2 is 1.86 bits per heavy atom. The number of rotatable bonds is 5. The molecule has 1 aromatic carbocycles. The summed E-state index contributed by atoms with van der Waals surface area (Å²) in [6, 6.07) is 10.0. The lowest BCUT2D eigenvalue weighted by atomic mass is 10.1. The average Bonchev–Trinajstić information content (AvgIpc) is 2.46. The Bertz CT molecular complexity index is 710. The molecule has 6 heteroatoms. The first-order chi connectivity index (χ1) is 9.95. The molecule has 0 aliphatic heterocycles. The van der Waals surface area contributed by atoms with Gasteiger partial charge in [-0.1, -0.05) is 18.2 Å². The van der Waals surface area contributed by atoms with Gasteiger partial charge >= 0.3 is 0 Å². The summed E-state index contributed by atoms with van der Waals surface area (Å²) < 4.78 is 22.7. The van der Waals surface area contributed by atoms with Gasteiger partial charge in [0, 0.05) is 25.2 Å². The van der Waals surface area contributed by atoms with Crippen LogP contribution in [0, 0.1) is 0 Å². The van der Waals surface area contributed by atoms with Gasteiger partial charge in [-0.05, 0) is 29.3 Å². The predicted molar refractivity (Wildman–Crippen MR) is 79.3 cm³/mol. The molecule has 1 heterocycles. The summed E-state index contributed by atoms with van der Waals surface area (Å²) in [5.41, 5.74) is 1.70. The van der Waals surface area contributed by atoms with Crippen molar-refractivity contribution in [1.82, 2.24) is 10.3 Å². The Balaban J connectivity index is 1.91. The summed E-state index contributed by atoms with van der Waals surface area (Å²) in [4.78, 5) is 16.0. The van der Waals surface area contributed by atoms with Crippen LogP contribution in [0.25, 0.3) is 0 Å². The van der Waals surface area contributed by atoms with Gasteiger partial charge in [0.1, 0.15) is 0 Å². The number of aromatic nitrogens is 1. The Labute approximate surface area is 124 Å². The maximum absolute atomic E-state index is 11.8. The van der Waals surface area contributed by atoms with Crippen LogP contribution in [-0.2, 0) is 27.6 Å². The molecule has 2 aromatic rings. The molecule has 0 radical (unpaired) electrons. The maximum Gasteiger partial charge on any atom is 0.224 e. The quantitative estimate of drug-likeness (QED) is 0.904. The number of nitrogens with zero attached hydrogens (tertiary/aromatic N) is 1. The number of sulfone groups is 1. The molecule has 2 rings (SSSR count). The zero-order valence-electron chi connectivity index (χ0n) is 11.6. The monoisotopic (exact) mass is 304 g/mol. The molecule has 0 saturated heterocycles. The summed E-state index contributed by atoms with van der Waals surface area (Å²) in [7, 11) is -3.20. The first kappa shape index (κ1) is 15.2.